The van der Waals surface area contributed by atoms with Crippen LogP contribution in [0.5, 0.6) is 11.5 Å². The molecule has 0 atom stereocenters. The third kappa shape index (κ3) is 6.67. The third-order valence-electron chi connectivity index (χ3n) is 6.25. The summed E-state index contributed by atoms with van der Waals surface area (Å²) >= 11 is 1.25. The van der Waals surface area contributed by atoms with E-state index in [1.165, 1.54) is 11.8 Å². The molecule has 2 N–H and O–H groups in total. The largest absolute Gasteiger partial charge is 0.497 e. The molecular weight excluding hydrogens is 538 g/mol. The summed E-state index contributed by atoms with van der Waals surface area (Å²) in [6.07, 6.45) is 0. The molecule has 10 heteroatoms. The molecule has 0 saturated heterocycles. The van der Waals surface area contributed by atoms with E-state index in [4.69, 9.17) is 9.47 Å². The number of fused-ring (bicyclic) bond motifs is 1. The number of nitrogens with one attached hydrogen (secondary N) is 2. The minimum absolute atomic E-state index is 0.115. The molecular formula is C31H29N5O4S. The second kappa shape index (κ2) is 13.0. The topological polar surface area (TPSA) is 107 Å². The maximum atomic E-state index is 13.2. The van der Waals surface area contributed by atoms with Crippen molar-refractivity contribution in [2.75, 3.05) is 24.8 Å². The molecule has 5 rings (SSSR count). The number of nitrogens with zero attached hydrogens (tertiary/aromatic N) is 3. The summed E-state index contributed by atoms with van der Waals surface area (Å²) in [6, 6.07) is 28.0. The summed E-state index contributed by atoms with van der Waals surface area (Å²) in [5.74, 6) is 1.69. The van der Waals surface area contributed by atoms with Gasteiger partial charge in [0.1, 0.15) is 11.5 Å². The summed E-state index contributed by atoms with van der Waals surface area (Å²) in [6.45, 7) is 2.62. The van der Waals surface area contributed by atoms with Crippen molar-refractivity contribution < 1.29 is 19.1 Å². The Kier molecular flexibility index (Phi) is 8.80. The molecule has 1 aromatic heterocycles. The normalized spacial score (nSPS) is 10.8. The highest BCUT2D eigenvalue weighted by molar-refractivity contribution is 7.99. The van der Waals surface area contributed by atoms with Crippen LogP contribution >= 0.6 is 11.8 Å². The number of benzene rings is 4. The van der Waals surface area contributed by atoms with E-state index in [0.29, 0.717) is 34.6 Å². The van der Waals surface area contributed by atoms with E-state index in [1.807, 2.05) is 72.2 Å². The summed E-state index contributed by atoms with van der Waals surface area (Å²) in [7, 11) is 1.59. The fraction of sp³-hybridized carbons (Fsp3) is 0.161. The molecule has 0 aliphatic rings. The Bertz CT molecular complexity index is 1650. The SMILES string of the molecule is CCOc1ccc(-n2c(CNC(=O)c3cccc4ccccc34)nnc2SCC(=O)Nc2ccc(OC)cc2)cc1. The number of rotatable bonds is 11. The zero-order valence-corrected chi connectivity index (χ0v) is 23.5. The Morgan fingerprint density at radius 1 is 0.878 bits per heavy atom. The van der Waals surface area contributed by atoms with Gasteiger partial charge >= 0.3 is 0 Å². The molecule has 0 bridgehead atoms. The predicted molar refractivity (Wildman–Crippen MR) is 160 cm³/mol. The first-order valence-corrected chi connectivity index (χ1v) is 14.0. The number of carbonyl (C=O) groups is 2. The summed E-state index contributed by atoms with van der Waals surface area (Å²) < 4.78 is 12.6. The van der Waals surface area contributed by atoms with Gasteiger partial charge in [0.2, 0.25) is 5.91 Å². The van der Waals surface area contributed by atoms with Crippen molar-refractivity contribution >= 4 is 40.0 Å². The van der Waals surface area contributed by atoms with Crippen LogP contribution in [0.2, 0.25) is 0 Å². The fourth-order valence-electron chi connectivity index (χ4n) is 4.31. The lowest BCUT2D eigenvalue weighted by atomic mass is 10.0. The Morgan fingerprint density at radius 2 is 1.61 bits per heavy atom. The first-order valence-electron chi connectivity index (χ1n) is 13.1. The Balaban J connectivity index is 1.34. The van der Waals surface area contributed by atoms with Gasteiger partial charge < -0.3 is 20.1 Å². The van der Waals surface area contributed by atoms with Gasteiger partial charge in [-0.15, -0.1) is 10.2 Å². The van der Waals surface area contributed by atoms with Crippen molar-refractivity contribution in [3.05, 3.63) is 102 Å². The lowest BCUT2D eigenvalue weighted by Gasteiger charge is -2.13. The highest BCUT2D eigenvalue weighted by Gasteiger charge is 2.18. The average Bonchev–Trinajstić information content (AvgIpc) is 3.42. The van der Waals surface area contributed by atoms with Crippen LogP contribution < -0.4 is 20.1 Å². The second-order valence-electron chi connectivity index (χ2n) is 8.94. The van der Waals surface area contributed by atoms with Gasteiger partial charge in [0, 0.05) is 16.9 Å². The number of aromatic nitrogens is 3. The Hall–Kier alpha value is -4.83. The fourth-order valence-corrected chi connectivity index (χ4v) is 5.08. The number of hydrogen-bond donors (Lipinski definition) is 2. The first-order chi connectivity index (χ1) is 20.1. The van der Waals surface area contributed by atoms with E-state index >= 15 is 0 Å². The highest BCUT2D eigenvalue weighted by atomic mass is 32.2. The van der Waals surface area contributed by atoms with Crippen molar-refractivity contribution in [2.45, 2.75) is 18.6 Å². The number of hydrogen-bond acceptors (Lipinski definition) is 7. The molecule has 0 spiro atoms. The van der Waals surface area contributed by atoms with E-state index in [1.54, 1.807) is 37.4 Å². The number of amides is 2. The summed E-state index contributed by atoms with van der Waals surface area (Å²) in [4.78, 5) is 25.9. The van der Waals surface area contributed by atoms with Crippen LogP contribution in [0, 0.1) is 0 Å². The summed E-state index contributed by atoms with van der Waals surface area (Å²) in [5, 5.41) is 17.0. The van der Waals surface area contributed by atoms with Crippen molar-refractivity contribution in [2.24, 2.45) is 0 Å². The minimum atomic E-state index is -0.212. The zero-order chi connectivity index (χ0) is 28.6. The number of methoxy groups -OCH3 is 1. The average molecular weight is 568 g/mol. The van der Waals surface area contributed by atoms with E-state index in [9.17, 15) is 9.59 Å². The van der Waals surface area contributed by atoms with Gasteiger partial charge in [-0.25, -0.2) is 0 Å². The molecule has 41 heavy (non-hydrogen) atoms. The second-order valence-corrected chi connectivity index (χ2v) is 9.88. The molecule has 0 aliphatic carbocycles. The van der Waals surface area contributed by atoms with Crippen LogP contribution in [0.15, 0.2) is 96.2 Å². The van der Waals surface area contributed by atoms with Gasteiger partial charge in [-0.2, -0.15) is 0 Å². The number of carbonyl (C=O) groups excluding carboxylic acids is 2. The van der Waals surface area contributed by atoms with Crippen LogP contribution in [0.4, 0.5) is 5.69 Å². The van der Waals surface area contributed by atoms with E-state index in [-0.39, 0.29) is 24.1 Å². The highest BCUT2D eigenvalue weighted by Crippen LogP contribution is 2.25. The van der Waals surface area contributed by atoms with E-state index in [0.717, 1.165) is 22.2 Å². The van der Waals surface area contributed by atoms with Crippen molar-refractivity contribution in [1.29, 1.82) is 0 Å². The number of thioether (sulfide) groups is 1. The maximum Gasteiger partial charge on any atom is 0.252 e. The maximum absolute atomic E-state index is 13.2. The van der Waals surface area contributed by atoms with Gasteiger partial charge in [0.05, 0.1) is 26.0 Å². The molecule has 0 aliphatic heterocycles. The molecule has 0 unspecified atom stereocenters. The number of anilines is 1. The van der Waals surface area contributed by atoms with Crippen LogP contribution in [0.25, 0.3) is 16.5 Å². The van der Waals surface area contributed by atoms with Crippen LogP contribution in [0.3, 0.4) is 0 Å². The standard InChI is InChI=1S/C31H29N5O4S/c1-3-40-25-17-13-23(14-18-25)36-28(19-32-30(38)27-10-6-8-21-7-4-5-9-26(21)27)34-35-31(36)41-20-29(37)33-22-11-15-24(39-2)16-12-22/h4-18H,3,19-20H2,1-2H3,(H,32,38)(H,33,37). The van der Waals surface area contributed by atoms with Gasteiger partial charge in [-0.1, -0.05) is 48.2 Å². The third-order valence-corrected chi connectivity index (χ3v) is 7.18. The van der Waals surface area contributed by atoms with Crippen LogP contribution in [-0.4, -0.2) is 46.0 Å². The summed E-state index contributed by atoms with van der Waals surface area (Å²) in [5.41, 5.74) is 2.03. The van der Waals surface area contributed by atoms with E-state index in [2.05, 4.69) is 20.8 Å². The van der Waals surface area contributed by atoms with Crippen molar-refractivity contribution in [1.82, 2.24) is 20.1 Å². The lowest BCUT2D eigenvalue weighted by Crippen LogP contribution is -2.25. The molecule has 208 valence electrons. The van der Waals surface area contributed by atoms with Crippen molar-refractivity contribution in [3.8, 4) is 17.2 Å². The van der Waals surface area contributed by atoms with Gasteiger partial charge in [-0.05, 0) is 72.3 Å². The van der Waals surface area contributed by atoms with E-state index < -0.39 is 0 Å². The predicted octanol–water partition coefficient (Wildman–Crippen LogP) is 5.49. The minimum Gasteiger partial charge on any atom is -0.497 e. The lowest BCUT2D eigenvalue weighted by molar-refractivity contribution is -0.113. The van der Waals surface area contributed by atoms with Gasteiger partial charge in [0.15, 0.2) is 11.0 Å². The molecule has 4 aromatic carbocycles. The molecule has 0 fully saturated rings. The molecule has 5 aromatic rings. The Labute approximate surface area is 241 Å². The smallest absolute Gasteiger partial charge is 0.252 e. The monoisotopic (exact) mass is 567 g/mol. The first kappa shape index (κ1) is 27.7. The van der Waals surface area contributed by atoms with Gasteiger partial charge in [0.25, 0.3) is 5.91 Å². The molecule has 1 heterocycles. The molecule has 9 nitrogen and oxygen atoms in total. The molecule has 0 saturated carbocycles. The zero-order valence-electron chi connectivity index (χ0n) is 22.7. The Morgan fingerprint density at radius 3 is 2.37 bits per heavy atom. The van der Waals surface area contributed by atoms with Crippen LogP contribution in [-0.2, 0) is 11.3 Å². The van der Waals surface area contributed by atoms with Crippen molar-refractivity contribution in [3.63, 3.8) is 0 Å². The van der Waals surface area contributed by atoms with Gasteiger partial charge in [-0.3, -0.25) is 14.2 Å². The van der Waals surface area contributed by atoms with Crippen LogP contribution in [0.1, 0.15) is 23.1 Å². The molecule has 2 amide bonds. The molecule has 0 radical (unpaired) electrons. The number of ether oxygens (including phenoxy) is 2. The quantitative estimate of drug-likeness (QED) is 0.203.